The van der Waals surface area contributed by atoms with E-state index in [2.05, 4.69) is 6.58 Å². The summed E-state index contributed by atoms with van der Waals surface area (Å²) in [5, 5.41) is 0. The molecule has 16 heavy (non-hydrogen) atoms. The summed E-state index contributed by atoms with van der Waals surface area (Å²) in [6.45, 7) is 5.64. The molecule has 2 aliphatic heterocycles. The van der Waals surface area contributed by atoms with E-state index in [-0.39, 0.29) is 24.4 Å². The first-order valence-corrected chi connectivity index (χ1v) is 5.47. The van der Waals surface area contributed by atoms with Gasteiger partial charge in [-0.15, -0.1) is 0 Å². The molecule has 0 bridgehead atoms. The van der Waals surface area contributed by atoms with Crippen LogP contribution < -0.4 is 0 Å². The molecule has 0 aliphatic carbocycles. The van der Waals surface area contributed by atoms with Gasteiger partial charge in [0.25, 0.3) is 0 Å². The molecule has 0 saturated carbocycles. The van der Waals surface area contributed by atoms with Crippen LogP contribution in [0.2, 0.25) is 0 Å². The predicted molar refractivity (Wildman–Crippen MR) is 61.0 cm³/mol. The van der Waals surface area contributed by atoms with Crippen molar-refractivity contribution in [1.29, 1.82) is 0 Å². The molecule has 0 aromatic carbocycles. The van der Waals surface area contributed by atoms with Crippen molar-refractivity contribution in [1.82, 2.24) is 0 Å². The van der Waals surface area contributed by atoms with Crippen LogP contribution in [0.4, 0.5) is 0 Å². The Hall–Kier alpha value is -0.485. The maximum atomic E-state index is 5.63. The maximum absolute atomic E-state index is 5.63. The van der Waals surface area contributed by atoms with Crippen molar-refractivity contribution < 1.29 is 18.9 Å². The summed E-state index contributed by atoms with van der Waals surface area (Å²) in [6, 6.07) is 0. The van der Waals surface area contributed by atoms with Gasteiger partial charge >= 0.3 is 95.9 Å². The number of hydrogen-bond donors (Lipinski definition) is 0. The van der Waals surface area contributed by atoms with Gasteiger partial charge in [-0.2, -0.15) is 0 Å². The van der Waals surface area contributed by atoms with E-state index in [4.69, 9.17) is 26.4 Å². The van der Waals surface area contributed by atoms with Gasteiger partial charge in [0.05, 0.1) is 0 Å². The Bertz CT molecular complexity index is 232. The summed E-state index contributed by atoms with van der Waals surface area (Å²) in [5.74, 6) is 1.48. The average molecular weight is 223 g/mol. The molecule has 0 N–H and O–H groups in total. The quantitative estimate of drug-likeness (QED) is 0.458. The van der Waals surface area contributed by atoms with Gasteiger partial charge in [-0.3, -0.25) is 0 Å². The van der Waals surface area contributed by atoms with Crippen LogP contribution in [-0.2, 0) is 18.9 Å². The van der Waals surface area contributed by atoms with E-state index < -0.39 is 0 Å². The van der Waals surface area contributed by atoms with Crippen LogP contribution in [0.15, 0.2) is 12.7 Å². The van der Waals surface area contributed by atoms with Gasteiger partial charge in [-0.05, 0) is 0 Å². The van der Waals surface area contributed by atoms with Crippen LogP contribution in [0.5, 0.6) is 0 Å². The Morgan fingerprint density at radius 1 is 1.12 bits per heavy atom. The molecule has 2 aliphatic rings. The number of fused-ring (bicyclic) bond motifs is 1. The molecule has 2 saturated heterocycles. The second-order valence-electron chi connectivity index (χ2n) is 3.86. The van der Waals surface area contributed by atoms with Crippen molar-refractivity contribution in [3.63, 3.8) is 0 Å². The summed E-state index contributed by atoms with van der Waals surface area (Å²) >= 11 is 0. The van der Waals surface area contributed by atoms with Crippen molar-refractivity contribution in [3.05, 3.63) is 12.7 Å². The van der Waals surface area contributed by atoms with Crippen LogP contribution in [0, 0.1) is 0 Å². The topological polar surface area (TPSA) is 36.9 Å². The van der Waals surface area contributed by atoms with Crippen LogP contribution in [0.3, 0.4) is 0 Å². The third kappa shape index (κ3) is 2.43. The number of ether oxygens (including phenoxy) is 4. The molecule has 4 nitrogen and oxygen atoms in total. The summed E-state index contributed by atoms with van der Waals surface area (Å²) in [5.41, 5.74) is 0. The monoisotopic (exact) mass is 223 g/mol. The fourth-order valence-corrected chi connectivity index (χ4v) is 2.09. The summed E-state index contributed by atoms with van der Waals surface area (Å²) in [6.07, 6.45) is 1.61. The van der Waals surface area contributed by atoms with E-state index in [0.717, 1.165) is 0 Å². The van der Waals surface area contributed by atoms with Gasteiger partial charge in [-0.1, -0.05) is 0 Å². The van der Waals surface area contributed by atoms with Gasteiger partial charge in [-0.25, -0.2) is 0 Å². The first-order chi connectivity index (χ1) is 7.86. The number of hydrogen-bond acceptors (Lipinski definition) is 4. The average Bonchev–Trinajstić information content (AvgIpc) is 2.86. The third-order valence-electron chi connectivity index (χ3n) is 2.80. The minimum absolute atomic E-state index is 0.0153. The van der Waals surface area contributed by atoms with Crippen molar-refractivity contribution in [2.24, 2.45) is 0 Å². The first-order valence-electron chi connectivity index (χ1n) is 5.47. The molecule has 0 spiro atoms. The molecule has 2 fully saturated rings. The Kier molecular flexibility index (Phi) is 4.29. The van der Waals surface area contributed by atoms with E-state index in [1.54, 1.807) is 6.08 Å². The van der Waals surface area contributed by atoms with Crippen molar-refractivity contribution in [2.45, 2.75) is 24.4 Å². The Labute approximate surface area is 96.6 Å². The summed E-state index contributed by atoms with van der Waals surface area (Å²) in [7, 11) is 5.27. The van der Waals surface area contributed by atoms with E-state index in [0.29, 0.717) is 26.4 Å². The SMILES string of the molecule is [B]=CCO[C@H]1CO[C@H]2[C@@H]1OC[C@H]2OCC=C. The second-order valence-corrected chi connectivity index (χ2v) is 3.86. The molecule has 1 radical (unpaired) electrons. The normalized spacial score (nSPS) is 37.2. The zero-order chi connectivity index (χ0) is 11.4. The zero-order valence-corrected chi connectivity index (χ0v) is 9.21. The molecule has 2 heterocycles. The molecule has 2 rings (SSSR count). The standard InChI is InChI=1S/C11H16BO4/c1-2-4-13-8-6-15-11-9(14-5-3-12)7-16-10(8)11/h2-3,8-11H,1,4-7H2/t8-,9+,10-,11-/m1/s1. The molecular formula is C11H16BO4. The predicted octanol–water partition coefficient (Wildman–Crippen LogP) is -0.289. The molecule has 87 valence electrons. The van der Waals surface area contributed by atoms with Gasteiger partial charge < -0.3 is 0 Å². The molecule has 0 aromatic heterocycles. The first kappa shape index (κ1) is 12.0. The van der Waals surface area contributed by atoms with Crippen LogP contribution >= 0.6 is 0 Å². The summed E-state index contributed by atoms with van der Waals surface area (Å²) < 4.78 is 22.3. The minimum atomic E-state index is -0.0397. The van der Waals surface area contributed by atoms with Crippen molar-refractivity contribution in [2.75, 3.05) is 26.4 Å². The van der Waals surface area contributed by atoms with Gasteiger partial charge in [0.15, 0.2) is 0 Å². The van der Waals surface area contributed by atoms with E-state index in [9.17, 15) is 0 Å². The van der Waals surface area contributed by atoms with Gasteiger partial charge in [0, 0.05) is 0 Å². The van der Waals surface area contributed by atoms with E-state index in [1.807, 2.05) is 0 Å². The fraction of sp³-hybridized carbons (Fsp3) is 0.727. The van der Waals surface area contributed by atoms with Crippen LogP contribution in [-0.4, -0.2) is 64.3 Å². The van der Waals surface area contributed by atoms with Crippen molar-refractivity contribution >= 4 is 13.5 Å². The number of rotatable bonds is 6. The molecule has 0 unspecified atom stereocenters. The molecule has 5 heteroatoms. The Morgan fingerprint density at radius 2 is 1.69 bits per heavy atom. The molecule has 0 amide bonds. The third-order valence-corrected chi connectivity index (χ3v) is 2.80. The summed E-state index contributed by atoms with van der Waals surface area (Å²) in [4.78, 5) is 0. The van der Waals surface area contributed by atoms with E-state index in [1.165, 1.54) is 5.97 Å². The van der Waals surface area contributed by atoms with E-state index >= 15 is 0 Å². The van der Waals surface area contributed by atoms with Gasteiger partial charge in [0.2, 0.25) is 0 Å². The van der Waals surface area contributed by atoms with Crippen LogP contribution in [0.1, 0.15) is 0 Å². The molecule has 0 aromatic rings. The molecule has 4 atom stereocenters. The Balaban J connectivity index is 1.85. The molecular weight excluding hydrogens is 207 g/mol. The van der Waals surface area contributed by atoms with Crippen LogP contribution in [0.25, 0.3) is 0 Å². The van der Waals surface area contributed by atoms with Gasteiger partial charge in [0.1, 0.15) is 0 Å². The fourth-order valence-electron chi connectivity index (χ4n) is 2.09. The second kappa shape index (κ2) is 5.73. The Morgan fingerprint density at radius 3 is 2.19 bits per heavy atom. The van der Waals surface area contributed by atoms with Crippen molar-refractivity contribution in [3.8, 4) is 0 Å². The zero-order valence-electron chi connectivity index (χ0n) is 9.21.